The Morgan fingerprint density at radius 2 is 2.13 bits per heavy atom. The molecule has 0 unspecified atom stereocenters. The predicted molar refractivity (Wildman–Crippen MR) is 82.3 cm³/mol. The van der Waals surface area contributed by atoms with Crippen LogP contribution in [0.3, 0.4) is 0 Å². The number of hydrogen-bond donors (Lipinski definition) is 1. The van der Waals surface area contributed by atoms with E-state index in [1.165, 1.54) is 11.0 Å². The molecule has 1 amide bonds. The first-order valence-electron chi connectivity index (χ1n) is 7.52. The zero-order chi connectivity index (χ0) is 17.0. The third-order valence-corrected chi connectivity index (χ3v) is 5.35. The van der Waals surface area contributed by atoms with Gasteiger partial charge in [-0.25, -0.2) is 21.9 Å². The second kappa shape index (κ2) is 7.35. The molecule has 1 aromatic rings. The number of sulfonamides is 1. The highest BCUT2D eigenvalue weighted by Gasteiger charge is 2.29. The molecule has 0 radical (unpaired) electrons. The second-order valence-electron chi connectivity index (χ2n) is 5.67. The number of halogens is 2. The molecule has 2 rings (SSSR count). The Morgan fingerprint density at radius 1 is 1.39 bits per heavy atom. The van der Waals surface area contributed by atoms with Crippen LogP contribution in [0.5, 0.6) is 0 Å². The number of rotatable bonds is 6. The van der Waals surface area contributed by atoms with Crippen molar-refractivity contribution in [2.75, 3.05) is 18.8 Å². The van der Waals surface area contributed by atoms with Gasteiger partial charge in [0, 0.05) is 25.2 Å². The van der Waals surface area contributed by atoms with Gasteiger partial charge in [0.15, 0.2) is 0 Å². The van der Waals surface area contributed by atoms with Crippen LogP contribution in [0.1, 0.15) is 25.3 Å². The average molecular weight is 346 g/mol. The Hall–Kier alpha value is -1.54. The summed E-state index contributed by atoms with van der Waals surface area (Å²) >= 11 is 0. The fourth-order valence-corrected chi connectivity index (χ4v) is 3.96. The van der Waals surface area contributed by atoms with Crippen LogP contribution >= 0.6 is 0 Å². The van der Waals surface area contributed by atoms with Crippen molar-refractivity contribution in [2.45, 2.75) is 32.2 Å². The first kappa shape index (κ1) is 17.8. The van der Waals surface area contributed by atoms with Gasteiger partial charge in [0.1, 0.15) is 11.6 Å². The molecule has 23 heavy (non-hydrogen) atoms. The molecule has 1 fully saturated rings. The van der Waals surface area contributed by atoms with Crippen molar-refractivity contribution < 1.29 is 22.0 Å². The molecule has 1 aliphatic rings. The Balaban J connectivity index is 1.92. The largest absolute Gasteiger partial charge is 0.341 e. The summed E-state index contributed by atoms with van der Waals surface area (Å²) < 4.78 is 52.5. The zero-order valence-corrected chi connectivity index (χ0v) is 13.7. The molecule has 0 aliphatic carbocycles. The smallest absolute Gasteiger partial charge is 0.227 e. The summed E-state index contributed by atoms with van der Waals surface area (Å²) in [6, 6.07) is 2.79. The monoisotopic (exact) mass is 346 g/mol. The Kier molecular flexibility index (Phi) is 5.69. The summed E-state index contributed by atoms with van der Waals surface area (Å²) in [5.41, 5.74) is 0.131. The zero-order valence-electron chi connectivity index (χ0n) is 12.9. The van der Waals surface area contributed by atoms with Gasteiger partial charge >= 0.3 is 0 Å². The maximum absolute atomic E-state index is 13.6. The van der Waals surface area contributed by atoms with E-state index in [-0.39, 0.29) is 36.2 Å². The molecule has 0 spiro atoms. The molecule has 0 bridgehead atoms. The summed E-state index contributed by atoms with van der Waals surface area (Å²) in [7, 11) is -3.32. The van der Waals surface area contributed by atoms with Crippen LogP contribution in [0.4, 0.5) is 8.78 Å². The third-order valence-electron chi connectivity index (χ3n) is 3.72. The summed E-state index contributed by atoms with van der Waals surface area (Å²) in [5, 5.41) is 0. The van der Waals surface area contributed by atoms with Crippen molar-refractivity contribution in [3.8, 4) is 0 Å². The normalized spacial score (nSPS) is 18.4. The van der Waals surface area contributed by atoms with E-state index in [1.54, 1.807) is 6.92 Å². The minimum atomic E-state index is -3.32. The van der Waals surface area contributed by atoms with Crippen molar-refractivity contribution in [3.63, 3.8) is 0 Å². The van der Waals surface area contributed by atoms with Crippen molar-refractivity contribution in [2.24, 2.45) is 0 Å². The van der Waals surface area contributed by atoms with E-state index in [9.17, 15) is 22.0 Å². The molecular formula is C15H20F2N2O3S. The van der Waals surface area contributed by atoms with Crippen LogP contribution in [0.25, 0.3) is 0 Å². The highest BCUT2D eigenvalue weighted by Crippen LogP contribution is 2.15. The topological polar surface area (TPSA) is 66.5 Å². The molecule has 1 N–H and O–H groups in total. The number of nitrogens with one attached hydrogen (secondary N) is 1. The van der Waals surface area contributed by atoms with E-state index in [2.05, 4.69) is 4.72 Å². The molecule has 0 saturated carbocycles. The van der Waals surface area contributed by atoms with Crippen molar-refractivity contribution in [1.82, 2.24) is 9.62 Å². The van der Waals surface area contributed by atoms with Crippen LogP contribution < -0.4 is 4.72 Å². The number of carbonyl (C=O) groups is 1. The SMILES string of the molecule is CCCS(=O)(=O)N[C@@H]1CCN(C(=O)Cc2ccc(F)cc2F)C1. The highest BCUT2D eigenvalue weighted by molar-refractivity contribution is 7.89. The lowest BCUT2D eigenvalue weighted by Gasteiger charge is -2.17. The van der Waals surface area contributed by atoms with Gasteiger partial charge in [-0.15, -0.1) is 0 Å². The highest BCUT2D eigenvalue weighted by atomic mass is 32.2. The van der Waals surface area contributed by atoms with Gasteiger partial charge in [0.25, 0.3) is 0 Å². The molecule has 1 saturated heterocycles. The number of amides is 1. The molecule has 1 heterocycles. The maximum atomic E-state index is 13.6. The first-order valence-corrected chi connectivity index (χ1v) is 9.17. The summed E-state index contributed by atoms with van der Waals surface area (Å²) in [6.45, 7) is 2.46. The van der Waals surface area contributed by atoms with Gasteiger partial charge in [-0.3, -0.25) is 4.79 Å². The maximum Gasteiger partial charge on any atom is 0.227 e. The molecule has 1 aromatic carbocycles. The van der Waals surface area contributed by atoms with E-state index < -0.39 is 21.7 Å². The van der Waals surface area contributed by atoms with Crippen molar-refractivity contribution in [3.05, 3.63) is 35.4 Å². The summed E-state index contributed by atoms with van der Waals surface area (Å²) in [4.78, 5) is 13.7. The number of carbonyl (C=O) groups excluding carboxylic acids is 1. The van der Waals surface area contributed by atoms with E-state index in [0.717, 1.165) is 12.1 Å². The van der Waals surface area contributed by atoms with E-state index in [1.807, 2.05) is 0 Å². The van der Waals surface area contributed by atoms with Crippen molar-refractivity contribution >= 4 is 15.9 Å². The molecule has 1 aliphatic heterocycles. The Bertz CT molecular complexity index is 679. The lowest BCUT2D eigenvalue weighted by Crippen LogP contribution is -2.39. The van der Waals surface area contributed by atoms with E-state index >= 15 is 0 Å². The molecule has 0 aromatic heterocycles. The predicted octanol–water partition coefficient (Wildman–Crippen LogP) is 1.44. The quantitative estimate of drug-likeness (QED) is 0.848. The summed E-state index contributed by atoms with van der Waals surface area (Å²) in [5.74, 6) is -1.69. The number of hydrogen-bond acceptors (Lipinski definition) is 3. The van der Waals surface area contributed by atoms with Crippen molar-refractivity contribution in [1.29, 1.82) is 0 Å². The van der Waals surface area contributed by atoms with E-state index in [4.69, 9.17) is 0 Å². The fourth-order valence-electron chi connectivity index (χ4n) is 2.60. The molecular weight excluding hydrogens is 326 g/mol. The number of nitrogens with zero attached hydrogens (tertiary/aromatic N) is 1. The molecule has 1 atom stereocenters. The molecule has 8 heteroatoms. The van der Waals surface area contributed by atoms with Gasteiger partial charge in [0.2, 0.25) is 15.9 Å². The fraction of sp³-hybridized carbons (Fsp3) is 0.533. The van der Waals surface area contributed by atoms with Gasteiger partial charge in [-0.2, -0.15) is 0 Å². The second-order valence-corrected chi connectivity index (χ2v) is 7.55. The molecule has 128 valence electrons. The lowest BCUT2D eigenvalue weighted by molar-refractivity contribution is -0.129. The first-order chi connectivity index (χ1) is 10.8. The van der Waals surface area contributed by atoms with Crippen LogP contribution in [0, 0.1) is 11.6 Å². The van der Waals surface area contributed by atoms with E-state index in [0.29, 0.717) is 19.4 Å². The third kappa shape index (κ3) is 4.97. The van der Waals surface area contributed by atoms with Crippen LogP contribution in [0.2, 0.25) is 0 Å². The van der Waals surface area contributed by atoms with Crippen LogP contribution in [-0.4, -0.2) is 44.1 Å². The Morgan fingerprint density at radius 3 is 2.78 bits per heavy atom. The minimum absolute atomic E-state index is 0.0538. The van der Waals surface area contributed by atoms with Crippen LogP contribution in [-0.2, 0) is 21.2 Å². The van der Waals surface area contributed by atoms with Gasteiger partial charge in [-0.1, -0.05) is 13.0 Å². The Labute approximate surface area is 134 Å². The standard InChI is InChI=1S/C15H20F2N2O3S/c1-2-7-23(21,22)18-13-5-6-19(10-13)15(20)8-11-3-4-12(16)9-14(11)17/h3-4,9,13,18H,2,5-8,10H2,1H3/t13-/m1/s1. The van der Waals surface area contributed by atoms with Gasteiger partial charge in [0.05, 0.1) is 12.2 Å². The summed E-state index contributed by atoms with van der Waals surface area (Å²) in [6.07, 6.45) is 0.885. The number of benzene rings is 1. The van der Waals surface area contributed by atoms with Crippen LogP contribution in [0.15, 0.2) is 18.2 Å². The minimum Gasteiger partial charge on any atom is -0.341 e. The average Bonchev–Trinajstić information content (AvgIpc) is 2.89. The van der Waals surface area contributed by atoms with Gasteiger partial charge < -0.3 is 4.90 Å². The number of likely N-dealkylation sites (tertiary alicyclic amines) is 1. The lowest BCUT2D eigenvalue weighted by atomic mass is 10.1. The van der Waals surface area contributed by atoms with Gasteiger partial charge in [-0.05, 0) is 24.5 Å². The molecule has 5 nitrogen and oxygen atoms in total.